The van der Waals surface area contributed by atoms with Gasteiger partial charge in [0.2, 0.25) is 0 Å². The average Bonchev–Trinajstić information content (AvgIpc) is 2.76. The van der Waals surface area contributed by atoms with Gasteiger partial charge < -0.3 is 50.3 Å². The quantitative estimate of drug-likeness (QED) is 0.389. The third-order valence-corrected chi connectivity index (χ3v) is 2.45. The first-order valence-corrected chi connectivity index (χ1v) is 6.56. The standard InChI is InChI=1S/C13H14N.C4H10N.2CH3.2ClH.H4Si.Ti/c1-14(2)13-10-6-9-12(13)11-7-4-3-5-8-11;1-4(2,3)5;;;;;;/h3-5,7-9H,10H2,1-2H3;5H,1-3H3;2*1H3;2*1H;1H4;/q4*-1;;;;+2/p-2. The van der Waals surface area contributed by atoms with Crippen LogP contribution in [0, 0.1) is 20.9 Å². The summed E-state index contributed by atoms with van der Waals surface area (Å²) in [6.07, 6.45) is 6.28. The van der Waals surface area contributed by atoms with Crippen LogP contribution in [0.3, 0.4) is 0 Å². The van der Waals surface area contributed by atoms with Crippen molar-refractivity contribution in [3.8, 4) is 0 Å². The van der Waals surface area contributed by atoms with E-state index < -0.39 is 0 Å². The van der Waals surface area contributed by atoms with Crippen LogP contribution in [0.4, 0.5) is 0 Å². The molecule has 0 radical (unpaired) electrons. The monoisotopic (exact) mass is 436 g/mol. The smallest absolute Gasteiger partial charge is 1.00 e. The zero-order valence-corrected chi connectivity index (χ0v) is 18.9. The summed E-state index contributed by atoms with van der Waals surface area (Å²) in [5.74, 6) is 0. The van der Waals surface area contributed by atoms with Gasteiger partial charge in [0.15, 0.2) is 0 Å². The number of nitrogens with zero attached hydrogens (tertiary/aromatic N) is 1. The molecular weight excluding hydrogens is 403 g/mol. The van der Waals surface area contributed by atoms with E-state index in [1.807, 2.05) is 26.8 Å². The second-order valence-electron chi connectivity index (χ2n) is 5.90. The van der Waals surface area contributed by atoms with Crippen molar-refractivity contribution in [2.45, 2.75) is 32.7 Å². The van der Waals surface area contributed by atoms with Crippen molar-refractivity contribution in [2.24, 2.45) is 0 Å². The van der Waals surface area contributed by atoms with Crippen molar-refractivity contribution < 1.29 is 46.5 Å². The number of halogens is 2. The summed E-state index contributed by atoms with van der Waals surface area (Å²) < 4.78 is 0. The Bertz CT molecular complexity index is 464. The van der Waals surface area contributed by atoms with Gasteiger partial charge in [-0.1, -0.05) is 68.8 Å². The van der Waals surface area contributed by atoms with Crippen LogP contribution in [-0.4, -0.2) is 35.5 Å². The molecule has 1 aromatic carbocycles. The molecule has 2 rings (SSSR count). The summed E-state index contributed by atoms with van der Waals surface area (Å²) in [6, 6.07) is 10.5. The summed E-state index contributed by atoms with van der Waals surface area (Å²) in [7, 11) is 4.16. The minimum Gasteiger partial charge on any atom is -1.00 e. The molecule has 2 nitrogen and oxygen atoms in total. The van der Waals surface area contributed by atoms with Crippen LogP contribution < -0.4 is 24.8 Å². The van der Waals surface area contributed by atoms with Crippen LogP contribution in [0.25, 0.3) is 11.3 Å². The molecule has 1 aliphatic carbocycles. The van der Waals surface area contributed by atoms with Gasteiger partial charge in [-0.05, 0) is 11.0 Å². The van der Waals surface area contributed by atoms with E-state index in [1.165, 1.54) is 16.8 Å². The van der Waals surface area contributed by atoms with E-state index in [2.05, 4.69) is 55.4 Å². The van der Waals surface area contributed by atoms with Gasteiger partial charge in [-0.15, -0.1) is 5.54 Å². The zero-order valence-electron chi connectivity index (χ0n) is 15.9. The van der Waals surface area contributed by atoms with Gasteiger partial charge in [0, 0.05) is 14.1 Å². The fraction of sp³-hybridized carbons (Fsp3) is 0.368. The fourth-order valence-electron chi connectivity index (χ4n) is 1.69. The first-order valence-electron chi connectivity index (χ1n) is 6.56. The molecule has 1 aliphatic rings. The summed E-state index contributed by atoms with van der Waals surface area (Å²) in [6.45, 7) is 5.56. The Morgan fingerprint density at radius 3 is 1.76 bits per heavy atom. The maximum absolute atomic E-state index is 6.94. The van der Waals surface area contributed by atoms with Crippen LogP contribution in [0.1, 0.15) is 32.8 Å². The Morgan fingerprint density at radius 1 is 1.00 bits per heavy atom. The topological polar surface area (TPSA) is 27.0 Å². The van der Waals surface area contributed by atoms with Crippen LogP contribution in [-0.2, 0) is 21.7 Å². The zero-order chi connectivity index (χ0) is 14.5. The molecule has 0 fully saturated rings. The van der Waals surface area contributed by atoms with E-state index in [-0.39, 0.29) is 77.9 Å². The molecule has 1 N–H and O–H groups in total. The molecule has 1 aromatic rings. The van der Waals surface area contributed by atoms with Gasteiger partial charge in [0.1, 0.15) is 0 Å². The first kappa shape index (κ1) is 39.9. The van der Waals surface area contributed by atoms with Gasteiger partial charge in [0.25, 0.3) is 0 Å². The molecule has 0 unspecified atom stereocenters. The molecule has 0 heterocycles. The van der Waals surface area contributed by atoms with Crippen molar-refractivity contribution in [3.05, 3.63) is 74.3 Å². The van der Waals surface area contributed by atoms with Crippen molar-refractivity contribution in [1.82, 2.24) is 4.90 Å². The largest absolute Gasteiger partial charge is 2.00 e. The number of hydrogen-bond donors (Lipinski definition) is 0. The SMILES string of the molecule is CC(C)(C)[NH-].CN(C)C1=C(c2ccccc2)C=[C-]C1.[CH3-].[CH3-].[Cl-].[Cl-].[SiH4].[Ti+2]. The molecule has 0 aromatic heterocycles. The Morgan fingerprint density at radius 2 is 1.40 bits per heavy atom. The van der Waals surface area contributed by atoms with E-state index >= 15 is 0 Å². The molecule has 0 saturated heterocycles. The van der Waals surface area contributed by atoms with Crippen molar-refractivity contribution in [2.75, 3.05) is 14.1 Å². The summed E-state index contributed by atoms with van der Waals surface area (Å²) >= 11 is 0. The van der Waals surface area contributed by atoms with Crippen molar-refractivity contribution >= 4 is 16.5 Å². The number of rotatable bonds is 2. The Hall–Kier alpha value is -0.0288. The Kier molecular flexibility index (Phi) is 29.9. The van der Waals surface area contributed by atoms with E-state index in [9.17, 15) is 0 Å². The van der Waals surface area contributed by atoms with Crippen molar-refractivity contribution in [3.63, 3.8) is 0 Å². The maximum Gasteiger partial charge on any atom is 2.00 e. The van der Waals surface area contributed by atoms with E-state index in [0.29, 0.717) is 0 Å². The van der Waals surface area contributed by atoms with Gasteiger partial charge in [-0.3, -0.25) is 6.08 Å². The molecule has 0 saturated carbocycles. The minimum absolute atomic E-state index is 0. The predicted octanol–water partition coefficient (Wildman–Crippen LogP) is -1.99. The predicted molar refractivity (Wildman–Crippen MR) is 108 cm³/mol. The Labute approximate surface area is 188 Å². The summed E-state index contributed by atoms with van der Waals surface area (Å²) in [5.41, 5.74) is 10.6. The van der Waals surface area contributed by atoms with E-state index in [1.54, 1.807) is 0 Å². The molecule has 25 heavy (non-hydrogen) atoms. The molecular formula is C19H34Cl2N2SiTi-4. The van der Waals surface area contributed by atoms with Gasteiger partial charge in [0.05, 0.1) is 0 Å². The van der Waals surface area contributed by atoms with Crippen LogP contribution >= 0.6 is 0 Å². The Balaban J connectivity index is -0.0000000743. The normalized spacial score (nSPS) is 10.8. The molecule has 6 heteroatoms. The van der Waals surface area contributed by atoms with Crippen LogP contribution in [0.5, 0.6) is 0 Å². The van der Waals surface area contributed by atoms with E-state index in [0.717, 1.165) is 6.42 Å². The van der Waals surface area contributed by atoms with Gasteiger partial charge in [-0.2, -0.15) is 5.57 Å². The number of allylic oxidation sites excluding steroid dienone is 3. The number of benzene rings is 1. The molecule has 0 atom stereocenters. The third-order valence-electron chi connectivity index (χ3n) is 2.45. The van der Waals surface area contributed by atoms with Crippen LogP contribution in [0.2, 0.25) is 0 Å². The average molecular weight is 437 g/mol. The van der Waals surface area contributed by atoms with Crippen LogP contribution in [0.15, 0.2) is 42.1 Å². The number of hydrogen-bond acceptors (Lipinski definition) is 1. The van der Waals surface area contributed by atoms with E-state index in [4.69, 9.17) is 5.73 Å². The summed E-state index contributed by atoms with van der Waals surface area (Å²) in [4.78, 5) is 2.17. The van der Waals surface area contributed by atoms with Crippen molar-refractivity contribution in [1.29, 1.82) is 0 Å². The fourth-order valence-corrected chi connectivity index (χ4v) is 1.69. The number of nitrogens with one attached hydrogen (secondary N) is 1. The van der Waals surface area contributed by atoms with Gasteiger partial charge >= 0.3 is 21.7 Å². The molecule has 0 spiro atoms. The second-order valence-corrected chi connectivity index (χ2v) is 5.90. The minimum atomic E-state index is -0.250. The first-order chi connectivity index (χ1) is 8.79. The third kappa shape index (κ3) is 17.2. The molecule has 0 aliphatic heterocycles. The second kappa shape index (κ2) is 18.8. The van der Waals surface area contributed by atoms with Gasteiger partial charge in [-0.25, -0.2) is 6.08 Å². The molecule has 0 amide bonds. The maximum atomic E-state index is 6.94. The molecule has 0 bridgehead atoms. The molecule has 146 valence electrons. The summed E-state index contributed by atoms with van der Waals surface area (Å²) in [5, 5.41) is 0.